The van der Waals surface area contributed by atoms with E-state index < -0.39 is 5.97 Å². The van der Waals surface area contributed by atoms with Crippen LogP contribution in [0.15, 0.2) is 43.0 Å². The summed E-state index contributed by atoms with van der Waals surface area (Å²) in [5.74, 6) is 2.16. The Morgan fingerprint density at radius 1 is 1.37 bits per heavy atom. The molecular weight excluding hydrogens is 460 g/mol. The van der Waals surface area contributed by atoms with Gasteiger partial charge in [-0.25, -0.2) is 9.78 Å². The Balaban J connectivity index is 1.40. The smallest absolute Gasteiger partial charge is 0.354 e. The normalized spacial score (nSPS) is 31.4. The highest BCUT2D eigenvalue weighted by atomic mass is 35.5. The van der Waals surface area contributed by atoms with Crippen LogP contribution in [0.2, 0.25) is 5.02 Å². The molecule has 6 rings (SSSR count). The Labute approximate surface area is 212 Å². The van der Waals surface area contributed by atoms with Gasteiger partial charge in [-0.15, -0.1) is 6.58 Å². The van der Waals surface area contributed by atoms with Gasteiger partial charge in [-0.05, 0) is 97.1 Å². The number of aromatic carboxylic acids is 1. The van der Waals surface area contributed by atoms with E-state index in [2.05, 4.69) is 23.6 Å². The van der Waals surface area contributed by atoms with Gasteiger partial charge in [0.05, 0.1) is 6.10 Å². The van der Waals surface area contributed by atoms with Crippen molar-refractivity contribution in [1.82, 2.24) is 4.98 Å². The van der Waals surface area contributed by atoms with Gasteiger partial charge >= 0.3 is 5.97 Å². The summed E-state index contributed by atoms with van der Waals surface area (Å²) in [6.07, 6.45) is 8.64. The first-order valence-electron chi connectivity index (χ1n) is 12.9. The average molecular weight is 493 g/mol. The maximum absolute atomic E-state index is 11.8. The maximum Gasteiger partial charge on any atom is 0.354 e. The number of carboxylic acids is 1. The van der Waals surface area contributed by atoms with E-state index in [0.717, 1.165) is 61.1 Å². The van der Waals surface area contributed by atoms with Crippen LogP contribution in [0.3, 0.4) is 0 Å². The van der Waals surface area contributed by atoms with Crippen molar-refractivity contribution in [2.24, 2.45) is 17.8 Å². The fraction of sp³-hybridized carbons (Fsp3) is 0.517. The minimum Gasteiger partial charge on any atom is -0.477 e. The van der Waals surface area contributed by atoms with Gasteiger partial charge in [-0.2, -0.15) is 0 Å². The van der Waals surface area contributed by atoms with Gasteiger partial charge in [0.1, 0.15) is 5.82 Å². The first-order chi connectivity index (χ1) is 16.9. The summed E-state index contributed by atoms with van der Waals surface area (Å²) < 4.78 is 5.71. The van der Waals surface area contributed by atoms with E-state index >= 15 is 0 Å². The summed E-state index contributed by atoms with van der Waals surface area (Å²) in [4.78, 5) is 18.9. The zero-order valence-electron chi connectivity index (χ0n) is 20.3. The maximum atomic E-state index is 11.8. The first-order valence-corrected chi connectivity index (χ1v) is 13.2. The molecule has 0 amide bonds. The summed E-state index contributed by atoms with van der Waals surface area (Å²) >= 11 is 6.44. The Morgan fingerprint density at radius 3 is 2.94 bits per heavy atom. The number of ether oxygens (including phenoxy) is 1. The number of pyridine rings is 1. The number of fused-ring (bicyclic) bond motifs is 5. The molecule has 184 valence electrons. The number of nitrogens with zero attached hydrogens (tertiary/aromatic N) is 2. The molecule has 2 heterocycles. The number of aromatic nitrogens is 1. The van der Waals surface area contributed by atoms with Gasteiger partial charge in [-0.1, -0.05) is 29.8 Å². The Hall–Kier alpha value is -2.37. The Bertz CT molecular complexity index is 1180. The van der Waals surface area contributed by atoms with Gasteiger partial charge in [0.2, 0.25) is 0 Å². The second kappa shape index (κ2) is 8.63. The van der Waals surface area contributed by atoms with E-state index in [9.17, 15) is 9.90 Å². The Morgan fingerprint density at radius 2 is 2.23 bits per heavy atom. The number of methoxy groups -OCH3 is 1. The van der Waals surface area contributed by atoms with Crippen molar-refractivity contribution < 1.29 is 14.6 Å². The molecule has 6 atom stereocenters. The molecule has 1 N–H and O–H groups in total. The largest absolute Gasteiger partial charge is 0.477 e. The number of hydrogen-bond donors (Lipinski definition) is 1. The number of rotatable bonds is 6. The third-order valence-corrected chi connectivity index (χ3v) is 9.49. The molecule has 2 aromatic rings. The standard InChI is InChI=1S/C29H33ClN2O3/c1-3-26(35-2)21-7-4-18(21)15-32-16-29(11-10-17-5-9-25(28(33)34)31-27(17)32)14-19-12-22(19)23-13-20(30)6-8-24(23)29/h3,5-6,8-9,13,18-19,21-22,26H,1,4,7,10-12,14-16H2,2H3,(H,33,34)/t18-,19-,21+,22-,26-,29-/m0/s1. The average Bonchev–Trinajstić information content (AvgIpc) is 3.63. The third-order valence-electron chi connectivity index (χ3n) is 9.26. The second-order valence-electron chi connectivity index (χ2n) is 11.1. The fourth-order valence-corrected chi connectivity index (χ4v) is 7.45. The molecule has 1 aromatic carbocycles. The van der Waals surface area contributed by atoms with Gasteiger partial charge in [0, 0.05) is 30.6 Å². The molecule has 3 aliphatic carbocycles. The van der Waals surface area contributed by atoms with Crippen molar-refractivity contribution in [3.05, 3.63) is 70.4 Å². The quantitative estimate of drug-likeness (QED) is 0.512. The summed E-state index contributed by atoms with van der Waals surface area (Å²) in [5.41, 5.74) is 4.19. The van der Waals surface area contributed by atoms with Crippen molar-refractivity contribution in [3.63, 3.8) is 0 Å². The van der Waals surface area contributed by atoms with Crippen molar-refractivity contribution in [2.45, 2.75) is 56.0 Å². The number of carbonyl (C=O) groups is 1. The minimum absolute atomic E-state index is 0.0278. The lowest BCUT2D eigenvalue weighted by atomic mass is 9.66. The SMILES string of the molecule is C=C[C@H](OC)[C@@H]1CC[C@H]1CN1C[C@]2(CCc3ccc(C(=O)O)nc31)C[C@@H]1C[C@@H]1c1cc(Cl)ccc12. The number of carboxylic acid groups (broad SMARTS) is 1. The molecule has 2 fully saturated rings. The van der Waals surface area contributed by atoms with E-state index in [0.29, 0.717) is 17.8 Å². The van der Waals surface area contributed by atoms with E-state index in [1.54, 1.807) is 13.2 Å². The van der Waals surface area contributed by atoms with E-state index in [1.165, 1.54) is 24.0 Å². The van der Waals surface area contributed by atoms with Crippen LogP contribution in [-0.2, 0) is 16.6 Å². The summed E-state index contributed by atoms with van der Waals surface area (Å²) in [7, 11) is 1.76. The van der Waals surface area contributed by atoms with Crippen molar-refractivity contribution in [1.29, 1.82) is 0 Å². The van der Waals surface area contributed by atoms with Crippen LogP contribution in [0.5, 0.6) is 0 Å². The number of halogens is 1. The lowest BCUT2D eigenvalue weighted by Gasteiger charge is -2.46. The summed E-state index contributed by atoms with van der Waals surface area (Å²) in [5, 5.41) is 10.5. The molecule has 6 heteroatoms. The topological polar surface area (TPSA) is 62.7 Å². The lowest BCUT2D eigenvalue weighted by molar-refractivity contribution is 0.0135. The lowest BCUT2D eigenvalue weighted by Crippen LogP contribution is -2.48. The van der Waals surface area contributed by atoms with Crippen LogP contribution in [0, 0.1) is 17.8 Å². The van der Waals surface area contributed by atoms with Gasteiger partial charge in [-0.3, -0.25) is 0 Å². The molecule has 0 radical (unpaired) electrons. The summed E-state index contributed by atoms with van der Waals surface area (Å²) in [6.45, 7) is 5.71. The predicted octanol–water partition coefficient (Wildman–Crippen LogP) is 5.86. The van der Waals surface area contributed by atoms with Crippen LogP contribution in [0.4, 0.5) is 5.82 Å². The molecule has 1 spiro atoms. The first kappa shape index (κ1) is 23.1. The number of benzene rings is 1. The highest BCUT2D eigenvalue weighted by molar-refractivity contribution is 6.30. The zero-order chi connectivity index (χ0) is 24.3. The van der Waals surface area contributed by atoms with Crippen molar-refractivity contribution >= 4 is 23.4 Å². The molecule has 1 aromatic heterocycles. The van der Waals surface area contributed by atoms with Crippen LogP contribution < -0.4 is 4.90 Å². The monoisotopic (exact) mass is 492 g/mol. The Kier molecular flexibility index (Phi) is 5.69. The van der Waals surface area contributed by atoms with Gasteiger partial charge < -0.3 is 14.7 Å². The predicted molar refractivity (Wildman–Crippen MR) is 138 cm³/mol. The molecule has 0 saturated heterocycles. The molecule has 0 unspecified atom stereocenters. The van der Waals surface area contributed by atoms with E-state index in [-0.39, 0.29) is 17.2 Å². The van der Waals surface area contributed by atoms with Crippen LogP contribution in [0.25, 0.3) is 0 Å². The van der Waals surface area contributed by atoms with Crippen LogP contribution >= 0.6 is 11.6 Å². The molecular formula is C29H33ClN2O3. The molecule has 35 heavy (non-hydrogen) atoms. The minimum atomic E-state index is -0.974. The van der Waals surface area contributed by atoms with Gasteiger partial charge in [0.25, 0.3) is 0 Å². The molecule has 0 bridgehead atoms. The molecule has 2 saturated carbocycles. The molecule has 5 nitrogen and oxygen atoms in total. The van der Waals surface area contributed by atoms with Crippen molar-refractivity contribution in [3.8, 4) is 0 Å². The summed E-state index contributed by atoms with van der Waals surface area (Å²) in [6, 6.07) is 10.2. The van der Waals surface area contributed by atoms with Crippen molar-refractivity contribution in [2.75, 3.05) is 25.1 Å². The number of anilines is 1. The van der Waals surface area contributed by atoms with Gasteiger partial charge in [0.15, 0.2) is 5.69 Å². The fourth-order valence-electron chi connectivity index (χ4n) is 7.27. The highest BCUT2D eigenvalue weighted by Crippen LogP contribution is 2.62. The van der Waals surface area contributed by atoms with E-state index in [1.807, 2.05) is 18.2 Å². The number of aryl methyl sites for hydroxylation is 1. The molecule has 4 aliphatic rings. The van der Waals surface area contributed by atoms with E-state index in [4.69, 9.17) is 21.3 Å². The highest BCUT2D eigenvalue weighted by Gasteiger charge is 2.53. The van der Waals surface area contributed by atoms with Crippen LogP contribution in [0.1, 0.15) is 65.2 Å². The number of hydrogen-bond acceptors (Lipinski definition) is 4. The second-order valence-corrected chi connectivity index (χ2v) is 11.6. The molecule has 1 aliphatic heterocycles. The third kappa shape index (κ3) is 3.88. The van der Waals surface area contributed by atoms with Crippen LogP contribution in [-0.4, -0.2) is 42.4 Å². The zero-order valence-corrected chi connectivity index (χ0v) is 21.0.